The second-order valence-electron chi connectivity index (χ2n) is 6.90. The van der Waals surface area contributed by atoms with E-state index in [9.17, 15) is 13.2 Å². The van der Waals surface area contributed by atoms with Crippen LogP contribution >= 0.6 is 0 Å². The first kappa shape index (κ1) is 19.9. The van der Waals surface area contributed by atoms with Crippen molar-refractivity contribution in [3.05, 3.63) is 88.9 Å². The minimum absolute atomic E-state index is 0.0873. The van der Waals surface area contributed by atoms with Crippen molar-refractivity contribution in [1.29, 1.82) is 0 Å². The maximum absolute atomic E-state index is 13.4. The molecule has 0 aliphatic carbocycles. The smallest absolute Gasteiger partial charge is 0.251 e. The molecule has 0 saturated carbocycles. The molecule has 1 aromatic heterocycles. The van der Waals surface area contributed by atoms with Crippen molar-refractivity contribution in [1.82, 2.24) is 5.32 Å². The lowest BCUT2D eigenvalue weighted by Gasteiger charge is -2.18. The molecular weight excluding hydrogens is 374 g/mol. The maximum atomic E-state index is 13.4. The summed E-state index contributed by atoms with van der Waals surface area (Å²) < 4.78 is 32.2. The lowest BCUT2D eigenvalue weighted by Crippen LogP contribution is -2.32. The Hall–Kier alpha value is -2.86. The van der Waals surface area contributed by atoms with Crippen LogP contribution in [0, 0.1) is 20.8 Å². The van der Waals surface area contributed by atoms with Crippen LogP contribution < -0.4 is 5.32 Å². The quantitative estimate of drug-likeness (QED) is 0.678. The normalized spacial score (nSPS) is 12.5. The third kappa shape index (κ3) is 4.17. The van der Waals surface area contributed by atoms with Gasteiger partial charge in [-0.1, -0.05) is 29.8 Å². The lowest BCUT2D eigenvalue weighted by atomic mass is 10.1. The van der Waals surface area contributed by atoms with Crippen molar-refractivity contribution in [3.8, 4) is 0 Å². The highest BCUT2D eigenvalue weighted by molar-refractivity contribution is 7.91. The molecule has 0 saturated heterocycles. The lowest BCUT2D eigenvalue weighted by molar-refractivity contribution is 0.0953. The summed E-state index contributed by atoms with van der Waals surface area (Å²) in [6, 6.07) is 15.7. The van der Waals surface area contributed by atoms with Crippen LogP contribution in [0.5, 0.6) is 0 Å². The number of aryl methyl sites for hydroxylation is 3. The standard InChI is InChI=1S/C22H23NO4S/c1-15-6-4-7-18(12-15)22(24)23-14-21(19-8-5-11-27-19)28(25,26)20-13-16(2)9-10-17(20)3/h4-13,21H,14H2,1-3H3,(H,23,24)/t21-/m1/s1. The van der Waals surface area contributed by atoms with Crippen LogP contribution in [0.25, 0.3) is 0 Å². The van der Waals surface area contributed by atoms with Crippen LogP contribution in [0.15, 0.2) is 70.2 Å². The van der Waals surface area contributed by atoms with Crippen molar-refractivity contribution >= 4 is 15.7 Å². The van der Waals surface area contributed by atoms with E-state index in [4.69, 9.17) is 4.42 Å². The summed E-state index contributed by atoms with van der Waals surface area (Å²) >= 11 is 0. The van der Waals surface area contributed by atoms with Gasteiger partial charge in [0.15, 0.2) is 9.84 Å². The van der Waals surface area contributed by atoms with Gasteiger partial charge in [0, 0.05) is 12.1 Å². The molecule has 6 heteroatoms. The Bertz CT molecular complexity index is 1090. The van der Waals surface area contributed by atoms with E-state index in [2.05, 4.69) is 5.32 Å². The summed E-state index contributed by atoms with van der Waals surface area (Å²) in [5.74, 6) is -0.0260. The first-order valence-corrected chi connectivity index (χ1v) is 10.5. The maximum Gasteiger partial charge on any atom is 0.251 e. The van der Waals surface area contributed by atoms with E-state index in [1.54, 1.807) is 49.4 Å². The van der Waals surface area contributed by atoms with Crippen molar-refractivity contribution in [2.75, 3.05) is 6.54 Å². The topological polar surface area (TPSA) is 76.4 Å². The van der Waals surface area contributed by atoms with Gasteiger partial charge in [0.1, 0.15) is 11.0 Å². The van der Waals surface area contributed by atoms with Gasteiger partial charge in [-0.3, -0.25) is 4.79 Å². The second kappa shape index (κ2) is 8.02. The minimum atomic E-state index is -3.77. The first-order chi connectivity index (χ1) is 13.3. The zero-order valence-electron chi connectivity index (χ0n) is 16.1. The fraction of sp³-hybridized carbons (Fsp3) is 0.227. The van der Waals surface area contributed by atoms with Crippen LogP contribution in [0.1, 0.15) is 38.1 Å². The molecule has 0 spiro atoms. The average molecular weight is 397 g/mol. The summed E-state index contributed by atoms with van der Waals surface area (Å²) in [6.45, 7) is 5.42. The number of amides is 1. The number of sulfone groups is 1. The van der Waals surface area contributed by atoms with E-state index in [1.165, 1.54) is 6.26 Å². The van der Waals surface area contributed by atoms with Crippen LogP contribution in [0.4, 0.5) is 0 Å². The Kier molecular flexibility index (Phi) is 5.70. The Balaban J connectivity index is 1.92. The highest BCUT2D eigenvalue weighted by atomic mass is 32.2. The molecule has 0 fully saturated rings. The highest BCUT2D eigenvalue weighted by Crippen LogP contribution is 2.31. The fourth-order valence-electron chi connectivity index (χ4n) is 3.08. The van der Waals surface area contributed by atoms with Crippen LogP contribution in [-0.4, -0.2) is 20.9 Å². The molecule has 146 valence electrons. The van der Waals surface area contributed by atoms with E-state index >= 15 is 0 Å². The third-order valence-corrected chi connectivity index (χ3v) is 6.81. The predicted octanol–water partition coefficient (Wildman–Crippen LogP) is 4.15. The van der Waals surface area contributed by atoms with Crippen LogP contribution in [0.2, 0.25) is 0 Å². The molecule has 0 unspecified atom stereocenters. The number of hydrogen-bond donors (Lipinski definition) is 1. The number of carbonyl (C=O) groups is 1. The molecule has 1 atom stereocenters. The Morgan fingerprint density at radius 1 is 1.00 bits per heavy atom. The largest absolute Gasteiger partial charge is 0.468 e. The van der Waals surface area contributed by atoms with Crippen LogP contribution in [0.3, 0.4) is 0 Å². The Morgan fingerprint density at radius 3 is 2.43 bits per heavy atom. The monoisotopic (exact) mass is 397 g/mol. The molecule has 3 rings (SSSR count). The zero-order valence-corrected chi connectivity index (χ0v) is 16.9. The summed E-state index contributed by atoms with van der Waals surface area (Å²) in [4.78, 5) is 12.8. The molecule has 1 N–H and O–H groups in total. The van der Waals surface area contributed by atoms with Crippen LogP contribution in [-0.2, 0) is 9.84 Å². The average Bonchev–Trinajstić information content (AvgIpc) is 3.17. The van der Waals surface area contributed by atoms with E-state index in [1.807, 2.05) is 26.0 Å². The summed E-state index contributed by atoms with van der Waals surface area (Å²) in [7, 11) is -3.77. The van der Waals surface area contributed by atoms with Gasteiger partial charge >= 0.3 is 0 Å². The molecule has 0 aliphatic rings. The van der Waals surface area contributed by atoms with E-state index in [-0.39, 0.29) is 17.3 Å². The molecule has 0 bridgehead atoms. The number of rotatable bonds is 6. The minimum Gasteiger partial charge on any atom is -0.468 e. The molecule has 5 nitrogen and oxygen atoms in total. The van der Waals surface area contributed by atoms with Gasteiger partial charge in [-0.25, -0.2) is 8.42 Å². The van der Waals surface area contributed by atoms with Gasteiger partial charge in [-0.15, -0.1) is 0 Å². The van der Waals surface area contributed by atoms with Gasteiger partial charge in [0.05, 0.1) is 11.2 Å². The molecular formula is C22H23NO4S. The summed E-state index contributed by atoms with van der Waals surface area (Å²) in [5.41, 5.74) is 2.96. The third-order valence-electron chi connectivity index (χ3n) is 4.61. The number of furan rings is 1. The van der Waals surface area contributed by atoms with Gasteiger partial charge < -0.3 is 9.73 Å². The highest BCUT2D eigenvalue weighted by Gasteiger charge is 2.33. The van der Waals surface area contributed by atoms with Gasteiger partial charge in [-0.05, 0) is 62.2 Å². The summed E-state index contributed by atoms with van der Waals surface area (Å²) in [5, 5.41) is 1.73. The number of nitrogens with one attached hydrogen (secondary N) is 1. The first-order valence-electron chi connectivity index (χ1n) is 8.98. The van der Waals surface area contributed by atoms with Crippen molar-refractivity contribution in [2.24, 2.45) is 0 Å². The van der Waals surface area contributed by atoms with Crippen molar-refractivity contribution < 1.29 is 17.6 Å². The molecule has 3 aromatic rings. The number of hydrogen-bond acceptors (Lipinski definition) is 4. The molecule has 1 heterocycles. The molecule has 0 aliphatic heterocycles. The van der Waals surface area contributed by atoms with Gasteiger partial charge in [0.25, 0.3) is 5.91 Å². The molecule has 0 radical (unpaired) electrons. The SMILES string of the molecule is Cc1cccc(C(=O)NC[C@H](c2ccco2)S(=O)(=O)c2cc(C)ccc2C)c1. The Morgan fingerprint density at radius 2 is 1.75 bits per heavy atom. The fourth-order valence-corrected chi connectivity index (χ4v) is 4.99. The Labute approximate surface area is 165 Å². The van der Waals surface area contributed by atoms with Crippen molar-refractivity contribution in [2.45, 2.75) is 30.9 Å². The zero-order chi connectivity index (χ0) is 20.3. The summed E-state index contributed by atoms with van der Waals surface area (Å²) in [6.07, 6.45) is 1.43. The van der Waals surface area contributed by atoms with Crippen molar-refractivity contribution in [3.63, 3.8) is 0 Å². The van der Waals surface area contributed by atoms with E-state index in [0.29, 0.717) is 16.9 Å². The van der Waals surface area contributed by atoms with E-state index in [0.717, 1.165) is 11.1 Å². The van der Waals surface area contributed by atoms with Gasteiger partial charge in [0.2, 0.25) is 0 Å². The molecule has 1 amide bonds. The molecule has 28 heavy (non-hydrogen) atoms. The second-order valence-corrected chi connectivity index (χ2v) is 9.00. The number of carbonyl (C=O) groups excluding carboxylic acids is 1. The molecule has 2 aromatic carbocycles. The predicted molar refractivity (Wildman–Crippen MR) is 108 cm³/mol. The van der Waals surface area contributed by atoms with Gasteiger partial charge in [-0.2, -0.15) is 0 Å². The number of benzene rings is 2. The van der Waals surface area contributed by atoms with E-state index < -0.39 is 15.1 Å².